The number of piperidine rings is 1. The Labute approximate surface area is 189 Å². The van der Waals surface area contributed by atoms with E-state index >= 15 is 0 Å². The number of ether oxygens (including phenoxy) is 1. The van der Waals surface area contributed by atoms with E-state index in [4.69, 9.17) is 27.9 Å². The largest absolute Gasteiger partial charge is 0.492 e. The second-order valence-corrected chi connectivity index (χ2v) is 9.99. The Kier molecular flexibility index (Phi) is 5.60. The molecule has 4 heteroatoms. The normalized spacial score (nSPS) is 20.6. The van der Waals surface area contributed by atoms with Gasteiger partial charge in [0.2, 0.25) is 0 Å². The molecule has 0 atom stereocenters. The molecule has 2 aliphatic heterocycles. The van der Waals surface area contributed by atoms with Crippen LogP contribution < -0.4 is 4.74 Å². The summed E-state index contributed by atoms with van der Waals surface area (Å²) >= 11 is 13.1. The molecule has 1 saturated heterocycles. The van der Waals surface area contributed by atoms with Crippen LogP contribution >= 0.6 is 23.2 Å². The summed E-state index contributed by atoms with van der Waals surface area (Å²) in [4.78, 5) is 2.59. The van der Waals surface area contributed by atoms with Gasteiger partial charge in [0.25, 0.3) is 0 Å². The van der Waals surface area contributed by atoms with Crippen LogP contribution in [0.4, 0.5) is 0 Å². The SMILES string of the molecule is CCCN1CCC2(CC1)COc1cc(/C=C/c3c(Cl)cc(C4CC4)cc3Cl)ccc12. The van der Waals surface area contributed by atoms with Gasteiger partial charge in [-0.05, 0) is 87.0 Å². The number of nitrogens with zero attached hydrogens (tertiary/aromatic N) is 1. The van der Waals surface area contributed by atoms with Crippen LogP contribution in [-0.2, 0) is 5.41 Å². The molecule has 0 N–H and O–H groups in total. The average Bonchev–Trinajstić information content (AvgIpc) is 3.53. The van der Waals surface area contributed by atoms with Crippen LogP contribution in [0, 0.1) is 0 Å². The van der Waals surface area contributed by atoms with Crippen LogP contribution in [0.2, 0.25) is 10.0 Å². The van der Waals surface area contributed by atoms with E-state index in [0.717, 1.165) is 33.5 Å². The molecule has 2 nitrogen and oxygen atoms in total. The lowest BCUT2D eigenvalue weighted by Gasteiger charge is -2.38. The van der Waals surface area contributed by atoms with Gasteiger partial charge in [-0.3, -0.25) is 0 Å². The van der Waals surface area contributed by atoms with Crippen molar-refractivity contribution in [1.29, 1.82) is 0 Å². The van der Waals surface area contributed by atoms with E-state index in [2.05, 4.69) is 48.2 Å². The first kappa shape index (κ1) is 20.4. The number of rotatable bonds is 5. The van der Waals surface area contributed by atoms with E-state index in [9.17, 15) is 0 Å². The Bertz CT molecular complexity index is 948. The second kappa shape index (κ2) is 8.22. The molecule has 0 radical (unpaired) electrons. The summed E-state index contributed by atoms with van der Waals surface area (Å²) in [5.74, 6) is 1.69. The summed E-state index contributed by atoms with van der Waals surface area (Å²) in [5, 5.41) is 1.46. The molecule has 2 aromatic carbocycles. The highest BCUT2D eigenvalue weighted by Crippen LogP contribution is 2.46. The Morgan fingerprint density at radius 2 is 1.80 bits per heavy atom. The van der Waals surface area contributed by atoms with Gasteiger partial charge in [-0.25, -0.2) is 0 Å². The zero-order chi connectivity index (χ0) is 20.7. The van der Waals surface area contributed by atoms with Gasteiger partial charge in [0.15, 0.2) is 0 Å². The van der Waals surface area contributed by atoms with Crippen molar-refractivity contribution in [3.8, 4) is 5.75 Å². The average molecular weight is 442 g/mol. The van der Waals surface area contributed by atoms with Crippen molar-refractivity contribution >= 4 is 35.4 Å². The van der Waals surface area contributed by atoms with Gasteiger partial charge in [-0.2, -0.15) is 0 Å². The molecular formula is C26H29Cl2NO. The smallest absolute Gasteiger partial charge is 0.123 e. The van der Waals surface area contributed by atoms with Crippen molar-refractivity contribution in [2.75, 3.05) is 26.2 Å². The molecule has 30 heavy (non-hydrogen) atoms. The molecule has 3 aliphatic rings. The molecule has 2 aromatic rings. The van der Waals surface area contributed by atoms with E-state index in [1.54, 1.807) is 0 Å². The molecule has 158 valence electrons. The predicted octanol–water partition coefficient (Wildman–Crippen LogP) is 7.18. The molecule has 0 aromatic heterocycles. The third-order valence-corrected chi connectivity index (χ3v) is 7.65. The van der Waals surface area contributed by atoms with E-state index in [-0.39, 0.29) is 5.41 Å². The van der Waals surface area contributed by atoms with Crippen molar-refractivity contribution < 1.29 is 4.74 Å². The minimum absolute atomic E-state index is 0.201. The highest BCUT2D eigenvalue weighted by Gasteiger charge is 2.42. The van der Waals surface area contributed by atoms with Gasteiger partial charge in [0, 0.05) is 26.6 Å². The standard InChI is InChI=1S/C26H29Cl2NO/c1-2-11-29-12-9-26(10-13-29)17-30-25-14-18(4-8-22(25)26)3-7-21-23(27)15-20(16-24(21)28)19-5-6-19/h3-4,7-8,14-16,19H,2,5-6,9-13,17H2,1H3/b7-3+. The Morgan fingerprint density at radius 1 is 1.07 bits per heavy atom. The van der Waals surface area contributed by atoms with Gasteiger partial charge >= 0.3 is 0 Å². The van der Waals surface area contributed by atoms with Crippen molar-refractivity contribution in [3.05, 3.63) is 62.6 Å². The van der Waals surface area contributed by atoms with Crippen LogP contribution in [-0.4, -0.2) is 31.1 Å². The van der Waals surface area contributed by atoms with Gasteiger partial charge in [0.1, 0.15) is 5.75 Å². The molecule has 1 aliphatic carbocycles. The Morgan fingerprint density at radius 3 is 2.47 bits per heavy atom. The number of halogens is 2. The number of benzene rings is 2. The quantitative estimate of drug-likeness (QED) is 0.455. The molecule has 1 spiro atoms. The summed E-state index contributed by atoms with van der Waals surface area (Å²) in [6.07, 6.45) is 10.2. The number of likely N-dealkylation sites (tertiary alicyclic amines) is 1. The van der Waals surface area contributed by atoms with Gasteiger partial charge < -0.3 is 9.64 Å². The topological polar surface area (TPSA) is 12.5 Å². The third-order valence-electron chi connectivity index (χ3n) is 7.03. The number of hydrogen-bond donors (Lipinski definition) is 0. The minimum atomic E-state index is 0.201. The summed E-state index contributed by atoms with van der Waals surface area (Å²) in [6, 6.07) is 10.8. The van der Waals surface area contributed by atoms with Crippen molar-refractivity contribution in [2.45, 2.75) is 50.4 Å². The number of hydrogen-bond acceptors (Lipinski definition) is 2. The fraction of sp³-hybridized carbons (Fsp3) is 0.462. The van der Waals surface area contributed by atoms with Gasteiger partial charge in [-0.15, -0.1) is 0 Å². The zero-order valence-electron chi connectivity index (χ0n) is 17.6. The lowest BCUT2D eigenvalue weighted by atomic mass is 9.74. The zero-order valence-corrected chi connectivity index (χ0v) is 19.1. The first-order valence-electron chi connectivity index (χ1n) is 11.2. The van der Waals surface area contributed by atoms with Gasteiger partial charge in [-0.1, -0.05) is 54.4 Å². The van der Waals surface area contributed by atoms with E-state index < -0.39 is 0 Å². The van der Waals surface area contributed by atoms with Crippen molar-refractivity contribution in [3.63, 3.8) is 0 Å². The van der Waals surface area contributed by atoms with E-state index in [1.807, 2.05) is 6.08 Å². The fourth-order valence-electron chi connectivity index (χ4n) is 5.02. The van der Waals surface area contributed by atoms with Crippen LogP contribution in [0.15, 0.2) is 30.3 Å². The fourth-order valence-corrected chi connectivity index (χ4v) is 5.65. The molecule has 2 heterocycles. The van der Waals surface area contributed by atoms with E-state index in [0.29, 0.717) is 5.92 Å². The summed E-state index contributed by atoms with van der Waals surface area (Å²) in [7, 11) is 0. The lowest BCUT2D eigenvalue weighted by Crippen LogP contribution is -2.43. The molecule has 0 amide bonds. The summed E-state index contributed by atoms with van der Waals surface area (Å²) in [6.45, 7) is 6.63. The second-order valence-electron chi connectivity index (χ2n) is 9.17. The molecule has 2 fully saturated rings. The monoisotopic (exact) mass is 441 g/mol. The van der Waals surface area contributed by atoms with Crippen molar-refractivity contribution in [1.82, 2.24) is 4.90 Å². The lowest BCUT2D eigenvalue weighted by molar-refractivity contribution is 0.135. The highest BCUT2D eigenvalue weighted by atomic mass is 35.5. The molecule has 1 saturated carbocycles. The minimum Gasteiger partial charge on any atom is -0.492 e. The van der Waals surface area contributed by atoms with Gasteiger partial charge in [0.05, 0.1) is 6.61 Å². The molecule has 0 bridgehead atoms. The maximum atomic E-state index is 6.53. The van der Waals surface area contributed by atoms with Crippen LogP contribution in [0.5, 0.6) is 5.75 Å². The Hall–Kier alpha value is -1.48. The van der Waals surface area contributed by atoms with Crippen LogP contribution in [0.1, 0.15) is 67.2 Å². The first-order chi connectivity index (χ1) is 14.6. The summed E-state index contributed by atoms with van der Waals surface area (Å²) in [5.41, 5.74) is 4.87. The number of fused-ring (bicyclic) bond motifs is 2. The van der Waals surface area contributed by atoms with Crippen LogP contribution in [0.25, 0.3) is 12.2 Å². The maximum Gasteiger partial charge on any atom is 0.123 e. The van der Waals surface area contributed by atoms with E-state index in [1.165, 1.54) is 62.9 Å². The molecule has 0 unspecified atom stereocenters. The summed E-state index contributed by atoms with van der Waals surface area (Å²) < 4.78 is 6.17. The maximum absolute atomic E-state index is 6.53. The van der Waals surface area contributed by atoms with Crippen LogP contribution in [0.3, 0.4) is 0 Å². The Balaban J connectivity index is 1.34. The third kappa shape index (κ3) is 3.90. The highest BCUT2D eigenvalue weighted by molar-refractivity contribution is 6.37. The predicted molar refractivity (Wildman–Crippen MR) is 127 cm³/mol. The first-order valence-corrected chi connectivity index (χ1v) is 12.0. The molecule has 5 rings (SSSR count). The van der Waals surface area contributed by atoms with Crippen molar-refractivity contribution in [2.24, 2.45) is 0 Å². The molecular weight excluding hydrogens is 413 g/mol.